The van der Waals surface area contributed by atoms with Crippen LogP contribution in [-0.4, -0.2) is 10.7 Å². The first-order valence-electron chi connectivity index (χ1n) is 5.80. The summed E-state index contributed by atoms with van der Waals surface area (Å²) in [7, 11) is 0. The Balaban J connectivity index is 2.06. The molecular formula is C12H22O. The number of fused-ring (bicyclic) bond motifs is 1. The normalized spacial score (nSPS) is 45.9. The van der Waals surface area contributed by atoms with Crippen molar-refractivity contribution in [2.24, 2.45) is 23.7 Å². The van der Waals surface area contributed by atoms with Gasteiger partial charge in [-0.2, -0.15) is 0 Å². The van der Waals surface area contributed by atoms with E-state index < -0.39 is 0 Å². The van der Waals surface area contributed by atoms with Crippen molar-refractivity contribution < 1.29 is 5.11 Å². The van der Waals surface area contributed by atoms with Gasteiger partial charge in [-0.1, -0.05) is 33.6 Å². The summed E-state index contributed by atoms with van der Waals surface area (Å²) in [5, 5.41) is 10.5. The number of aliphatic hydroxyl groups is 1. The fourth-order valence-electron chi connectivity index (χ4n) is 3.35. The monoisotopic (exact) mass is 182 g/mol. The lowest BCUT2D eigenvalue weighted by molar-refractivity contribution is 0.0398. The number of hydrogen-bond acceptors (Lipinski definition) is 1. The zero-order valence-electron chi connectivity index (χ0n) is 9.09. The number of hydrogen-bond donors (Lipinski definition) is 1. The van der Waals surface area contributed by atoms with Gasteiger partial charge < -0.3 is 5.11 Å². The third kappa shape index (κ3) is 1.24. The molecule has 0 aromatic heterocycles. The van der Waals surface area contributed by atoms with E-state index in [1.807, 2.05) is 0 Å². The highest BCUT2D eigenvalue weighted by atomic mass is 16.3. The summed E-state index contributed by atoms with van der Waals surface area (Å²) in [6, 6.07) is 0. The molecule has 1 N–H and O–H groups in total. The average molecular weight is 182 g/mol. The Kier molecular flexibility index (Phi) is 2.18. The standard InChI is InChI=1S/C12H22O/c1-8(2)9(3)12(13)10-6-4-5-7-11(10)12/h8-11,13H,4-7H2,1-3H3. The van der Waals surface area contributed by atoms with Gasteiger partial charge in [0.2, 0.25) is 0 Å². The second-order valence-electron chi connectivity index (χ2n) is 5.42. The maximum Gasteiger partial charge on any atom is 0.0739 e. The Hall–Kier alpha value is -0.0400. The second-order valence-corrected chi connectivity index (χ2v) is 5.42. The maximum atomic E-state index is 10.5. The zero-order chi connectivity index (χ0) is 9.64. The molecule has 0 spiro atoms. The highest BCUT2D eigenvalue weighted by Gasteiger charge is 2.66. The van der Waals surface area contributed by atoms with E-state index in [1.54, 1.807) is 0 Å². The Labute approximate surface area is 81.5 Å². The summed E-state index contributed by atoms with van der Waals surface area (Å²) in [4.78, 5) is 0. The van der Waals surface area contributed by atoms with Crippen LogP contribution in [0.4, 0.5) is 0 Å². The van der Waals surface area contributed by atoms with Crippen LogP contribution in [0.25, 0.3) is 0 Å². The third-order valence-corrected chi connectivity index (χ3v) is 4.57. The SMILES string of the molecule is CC(C)C(C)C1(O)C2CCCCC21. The van der Waals surface area contributed by atoms with Crippen LogP contribution in [0.3, 0.4) is 0 Å². The van der Waals surface area contributed by atoms with E-state index in [0.29, 0.717) is 23.7 Å². The molecule has 2 fully saturated rings. The van der Waals surface area contributed by atoms with Crippen LogP contribution in [0.15, 0.2) is 0 Å². The molecule has 3 unspecified atom stereocenters. The minimum Gasteiger partial charge on any atom is -0.389 e. The molecule has 1 nitrogen and oxygen atoms in total. The lowest BCUT2D eigenvalue weighted by Gasteiger charge is -2.23. The summed E-state index contributed by atoms with van der Waals surface area (Å²) >= 11 is 0. The molecule has 0 radical (unpaired) electrons. The van der Waals surface area contributed by atoms with E-state index in [2.05, 4.69) is 20.8 Å². The first kappa shape index (κ1) is 9.51. The van der Waals surface area contributed by atoms with Crippen LogP contribution in [0.5, 0.6) is 0 Å². The largest absolute Gasteiger partial charge is 0.389 e. The Morgan fingerprint density at radius 1 is 1.08 bits per heavy atom. The van der Waals surface area contributed by atoms with Gasteiger partial charge in [0.15, 0.2) is 0 Å². The van der Waals surface area contributed by atoms with Gasteiger partial charge in [0.05, 0.1) is 5.60 Å². The minimum atomic E-state index is -0.273. The molecule has 0 aliphatic heterocycles. The fourth-order valence-corrected chi connectivity index (χ4v) is 3.35. The Morgan fingerprint density at radius 2 is 1.54 bits per heavy atom. The molecule has 0 heterocycles. The van der Waals surface area contributed by atoms with Crippen molar-refractivity contribution in [2.75, 3.05) is 0 Å². The zero-order valence-corrected chi connectivity index (χ0v) is 9.09. The molecule has 76 valence electrons. The number of rotatable bonds is 2. The van der Waals surface area contributed by atoms with E-state index >= 15 is 0 Å². The molecule has 1 heteroatoms. The van der Waals surface area contributed by atoms with Gasteiger partial charge in [-0.15, -0.1) is 0 Å². The topological polar surface area (TPSA) is 20.2 Å². The maximum absolute atomic E-state index is 10.5. The molecule has 0 aromatic rings. The van der Waals surface area contributed by atoms with Gasteiger partial charge in [-0.25, -0.2) is 0 Å². The lowest BCUT2D eigenvalue weighted by atomic mass is 9.88. The van der Waals surface area contributed by atoms with Crippen LogP contribution in [-0.2, 0) is 0 Å². The summed E-state index contributed by atoms with van der Waals surface area (Å²) in [5.74, 6) is 2.41. The quantitative estimate of drug-likeness (QED) is 0.696. The molecule has 0 amide bonds. The molecule has 2 aliphatic carbocycles. The van der Waals surface area contributed by atoms with Crippen molar-refractivity contribution in [3.8, 4) is 0 Å². The molecule has 3 atom stereocenters. The molecule has 0 bridgehead atoms. The Bertz CT molecular complexity index is 185. The van der Waals surface area contributed by atoms with E-state index in [4.69, 9.17) is 0 Å². The summed E-state index contributed by atoms with van der Waals surface area (Å²) < 4.78 is 0. The van der Waals surface area contributed by atoms with E-state index in [-0.39, 0.29) is 5.60 Å². The van der Waals surface area contributed by atoms with Gasteiger partial charge >= 0.3 is 0 Å². The van der Waals surface area contributed by atoms with Crippen LogP contribution < -0.4 is 0 Å². The van der Waals surface area contributed by atoms with Crippen LogP contribution >= 0.6 is 0 Å². The molecule has 0 saturated heterocycles. The van der Waals surface area contributed by atoms with Crippen molar-refractivity contribution in [2.45, 2.75) is 52.1 Å². The minimum absolute atomic E-state index is 0.273. The van der Waals surface area contributed by atoms with E-state index in [1.165, 1.54) is 25.7 Å². The van der Waals surface area contributed by atoms with Crippen LogP contribution in [0, 0.1) is 23.7 Å². The predicted molar refractivity (Wildman–Crippen MR) is 54.4 cm³/mol. The summed E-state index contributed by atoms with van der Waals surface area (Å²) in [6.07, 6.45) is 5.24. The molecular weight excluding hydrogens is 160 g/mol. The van der Waals surface area contributed by atoms with E-state index in [0.717, 1.165) is 0 Å². The van der Waals surface area contributed by atoms with Gasteiger partial charge in [0, 0.05) is 0 Å². The van der Waals surface area contributed by atoms with Crippen molar-refractivity contribution in [3.05, 3.63) is 0 Å². The average Bonchev–Trinajstić information content (AvgIpc) is 2.74. The lowest BCUT2D eigenvalue weighted by Crippen LogP contribution is -2.27. The molecule has 13 heavy (non-hydrogen) atoms. The molecule has 2 aliphatic rings. The second kappa shape index (κ2) is 2.98. The van der Waals surface area contributed by atoms with Gasteiger partial charge in [0.1, 0.15) is 0 Å². The third-order valence-electron chi connectivity index (χ3n) is 4.57. The first-order chi connectivity index (χ1) is 6.08. The van der Waals surface area contributed by atoms with Gasteiger partial charge in [0.25, 0.3) is 0 Å². The van der Waals surface area contributed by atoms with Gasteiger partial charge in [-0.05, 0) is 36.5 Å². The Morgan fingerprint density at radius 3 is 1.92 bits per heavy atom. The molecule has 2 saturated carbocycles. The highest BCUT2D eigenvalue weighted by Crippen LogP contribution is 2.63. The van der Waals surface area contributed by atoms with Crippen molar-refractivity contribution in [1.29, 1.82) is 0 Å². The van der Waals surface area contributed by atoms with Crippen molar-refractivity contribution in [3.63, 3.8) is 0 Å². The van der Waals surface area contributed by atoms with Crippen LogP contribution in [0.2, 0.25) is 0 Å². The van der Waals surface area contributed by atoms with E-state index in [9.17, 15) is 5.11 Å². The van der Waals surface area contributed by atoms with Crippen molar-refractivity contribution in [1.82, 2.24) is 0 Å². The van der Waals surface area contributed by atoms with Crippen molar-refractivity contribution >= 4 is 0 Å². The summed E-state index contributed by atoms with van der Waals surface area (Å²) in [5.41, 5.74) is -0.273. The molecule has 0 aromatic carbocycles. The smallest absolute Gasteiger partial charge is 0.0739 e. The van der Waals surface area contributed by atoms with Crippen LogP contribution in [0.1, 0.15) is 46.5 Å². The predicted octanol–water partition coefficient (Wildman–Crippen LogP) is 2.83. The highest BCUT2D eigenvalue weighted by molar-refractivity contribution is 5.15. The fraction of sp³-hybridized carbons (Fsp3) is 1.00. The molecule has 2 rings (SSSR count). The van der Waals surface area contributed by atoms with Gasteiger partial charge in [-0.3, -0.25) is 0 Å². The first-order valence-corrected chi connectivity index (χ1v) is 5.80. The summed E-state index contributed by atoms with van der Waals surface area (Å²) in [6.45, 7) is 6.68.